The van der Waals surface area contributed by atoms with Crippen LogP contribution in [0.3, 0.4) is 0 Å². The van der Waals surface area contributed by atoms with Gasteiger partial charge in [-0.2, -0.15) is 8.78 Å². The lowest BCUT2D eigenvalue weighted by Crippen LogP contribution is -2.46. The number of likely N-dealkylation sites (tertiary alicyclic amines) is 1. The molecule has 162 valence electrons. The molecule has 6 nitrogen and oxygen atoms in total. The molecule has 2 aromatic rings. The fourth-order valence-corrected chi connectivity index (χ4v) is 4.36. The van der Waals surface area contributed by atoms with E-state index in [0.29, 0.717) is 24.1 Å². The number of alkyl halides is 2. The number of amides is 2. The van der Waals surface area contributed by atoms with Crippen LogP contribution in [0.1, 0.15) is 34.8 Å². The van der Waals surface area contributed by atoms with Crippen LogP contribution in [0, 0.1) is 5.92 Å². The standard InChI is InChI=1S/C23H22F2N2O4/c1-13-9-19(22(30)31-2)27(12-13)20(28)11-26-21(29)14-7-8-18-16(10-14)15-5-3-4-6-17(15)23(18,24)25/h3-8,10,13,19H,9,11-12H2,1-2H3,(H,26,29)/t13-,19+/m1/s1. The molecule has 1 saturated heterocycles. The first kappa shape index (κ1) is 21.0. The minimum Gasteiger partial charge on any atom is -0.467 e. The molecule has 0 bridgehead atoms. The summed E-state index contributed by atoms with van der Waals surface area (Å²) >= 11 is 0. The summed E-state index contributed by atoms with van der Waals surface area (Å²) in [5, 5.41) is 2.53. The van der Waals surface area contributed by atoms with Gasteiger partial charge in [-0.25, -0.2) is 4.79 Å². The summed E-state index contributed by atoms with van der Waals surface area (Å²) in [6, 6.07) is 9.54. The maximum atomic E-state index is 14.7. The average Bonchev–Trinajstić information content (AvgIpc) is 3.27. The normalized spacial score (nSPS) is 20.7. The molecule has 0 radical (unpaired) electrons. The Morgan fingerprint density at radius 2 is 1.84 bits per heavy atom. The first-order valence-electron chi connectivity index (χ1n) is 10.0. The van der Waals surface area contributed by atoms with E-state index < -0.39 is 29.7 Å². The molecule has 2 atom stereocenters. The molecule has 2 aromatic carbocycles. The Morgan fingerprint density at radius 1 is 1.13 bits per heavy atom. The van der Waals surface area contributed by atoms with Crippen LogP contribution in [-0.4, -0.2) is 48.9 Å². The summed E-state index contributed by atoms with van der Waals surface area (Å²) < 4.78 is 34.1. The second kappa shape index (κ2) is 7.76. The maximum Gasteiger partial charge on any atom is 0.328 e. The Morgan fingerprint density at radius 3 is 2.58 bits per heavy atom. The maximum absolute atomic E-state index is 14.7. The predicted octanol–water partition coefficient (Wildman–Crippen LogP) is 2.95. The van der Waals surface area contributed by atoms with Crippen LogP contribution in [0.4, 0.5) is 8.78 Å². The number of rotatable bonds is 4. The molecule has 8 heteroatoms. The van der Waals surface area contributed by atoms with Crippen LogP contribution >= 0.6 is 0 Å². The van der Waals surface area contributed by atoms with E-state index in [1.165, 1.54) is 36.3 Å². The highest BCUT2D eigenvalue weighted by atomic mass is 19.3. The van der Waals surface area contributed by atoms with E-state index in [9.17, 15) is 23.2 Å². The van der Waals surface area contributed by atoms with Gasteiger partial charge in [-0.1, -0.05) is 37.3 Å². The molecule has 0 aromatic heterocycles. The Balaban J connectivity index is 1.49. The van der Waals surface area contributed by atoms with Crippen molar-refractivity contribution in [3.8, 4) is 11.1 Å². The number of ether oxygens (including phenoxy) is 1. The summed E-state index contributed by atoms with van der Waals surface area (Å²) in [5.41, 5.74) is 0.639. The van der Waals surface area contributed by atoms with Crippen LogP contribution in [0.25, 0.3) is 11.1 Å². The number of hydrogen-bond acceptors (Lipinski definition) is 4. The van der Waals surface area contributed by atoms with Crippen molar-refractivity contribution in [2.75, 3.05) is 20.2 Å². The number of esters is 1. The van der Waals surface area contributed by atoms with Crippen LogP contribution < -0.4 is 5.32 Å². The van der Waals surface area contributed by atoms with Gasteiger partial charge in [-0.05, 0) is 35.6 Å². The van der Waals surface area contributed by atoms with Crippen molar-refractivity contribution in [2.24, 2.45) is 5.92 Å². The zero-order valence-corrected chi connectivity index (χ0v) is 17.2. The lowest BCUT2D eigenvalue weighted by Gasteiger charge is -2.22. The summed E-state index contributed by atoms with van der Waals surface area (Å²) in [5.74, 6) is -4.41. The highest BCUT2D eigenvalue weighted by molar-refractivity contribution is 5.99. The molecular weight excluding hydrogens is 406 g/mol. The van der Waals surface area contributed by atoms with Gasteiger partial charge in [0, 0.05) is 23.2 Å². The molecule has 2 aliphatic rings. The van der Waals surface area contributed by atoms with Crippen LogP contribution in [-0.2, 0) is 20.2 Å². The van der Waals surface area contributed by atoms with Crippen molar-refractivity contribution >= 4 is 17.8 Å². The Kier molecular flexibility index (Phi) is 5.24. The smallest absolute Gasteiger partial charge is 0.328 e. The highest BCUT2D eigenvalue weighted by Gasteiger charge is 2.44. The first-order chi connectivity index (χ1) is 14.7. The fraction of sp³-hybridized carbons (Fsp3) is 0.348. The number of benzene rings is 2. The Bertz CT molecular complexity index is 1070. The quantitative estimate of drug-likeness (QED) is 0.760. The van der Waals surface area contributed by atoms with Gasteiger partial charge < -0.3 is 15.0 Å². The fourth-order valence-electron chi connectivity index (χ4n) is 4.36. The molecule has 0 saturated carbocycles. The number of hydrogen-bond donors (Lipinski definition) is 1. The van der Waals surface area contributed by atoms with Gasteiger partial charge in [0.1, 0.15) is 6.04 Å². The van der Waals surface area contributed by atoms with Gasteiger partial charge >= 0.3 is 5.97 Å². The molecule has 1 aliphatic carbocycles. The van der Waals surface area contributed by atoms with Gasteiger partial charge in [0.2, 0.25) is 5.91 Å². The third-order valence-electron chi connectivity index (χ3n) is 5.88. The number of methoxy groups -OCH3 is 1. The second-order valence-corrected chi connectivity index (χ2v) is 7.99. The largest absolute Gasteiger partial charge is 0.467 e. The van der Waals surface area contributed by atoms with Crippen molar-refractivity contribution < 1.29 is 27.9 Å². The van der Waals surface area contributed by atoms with E-state index in [0.717, 1.165) is 0 Å². The molecule has 1 heterocycles. The monoisotopic (exact) mass is 428 g/mol. The minimum atomic E-state index is -3.12. The van der Waals surface area contributed by atoms with Crippen LogP contribution in [0.15, 0.2) is 42.5 Å². The van der Waals surface area contributed by atoms with Crippen LogP contribution in [0.5, 0.6) is 0 Å². The Hall–Kier alpha value is -3.29. The number of carbonyl (C=O) groups excluding carboxylic acids is 3. The van der Waals surface area contributed by atoms with Crippen molar-refractivity contribution in [3.63, 3.8) is 0 Å². The third kappa shape index (κ3) is 3.56. The summed E-state index contributed by atoms with van der Waals surface area (Å²) in [6.45, 7) is 2.03. The first-order valence-corrected chi connectivity index (χ1v) is 10.0. The van der Waals surface area contributed by atoms with Gasteiger partial charge in [0.15, 0.2) is 0 Å². The van der Waals surface area contributed by atoms with Crippen molar-refractivity contribution in [3.05, 3.63) is 59.2 Å². The molecule has 1 aliphatic heterocycles. The topological polar surface area (TPSA) is 75.7 Å². The number of fused-ring (bicyclic) bond motifs is 3. The highest BCUT2D eigenvalue weighted by Crippen LogP contribution is 2.50. The second-order valence-electron chi connectivity index (χ2n) is 7.99. The van der Waals surface area contributed by atoms with E-state index in [2.05, 4.69) is 5.32 Å². The third-order valence-corrected chi connectivity index (χ3v) is 5.88. The molecule has 1 N–H and O–H groups in total. The summed E-state index contributed by atoms with van der Waals surface area (Å²) in [4.78, 5) is 38.6. The SMILES string of the molecule is COC(=O)[C@@H]1C[C@@H](C)CN1C(=O)CNC(=O)c1ccc2c(c1)-c1ccccc1C2(F)F. The molecule has 1 fully saturated rings. The van der Waals surface area contributed by atoms with E-state index in [1.54, 1.807) is 18.2 Å². The van der Waals surface area contributed by atoms with E-state index in [1.807, 2.05) is 6.92 Å². The number of nitrogens with one attached hydrogen (secondary N) is 1. The van der Waals surface area contributed by atoms with E-state index in [-0.39, 0.29) is 29.2 Å². The number of nitrogens with zero attached hydrogens (tertiary/aromatic N) is 1. The van der Waals surface area contributed by atoms with Crippen molar-refractivity contribution in [1.82, 2.24) is 10.2 Å². The molecule has 31 heavy (non-hydrogen) atoms. The summed E-state index contributed by atoms with van der Waals surface area (Å²) in [6.07, 6.45) is 0.505. The van der Waals surface area contributed by atoms with E-state index in [4.69, 9.17) is 4.74 Å². The van der Waals surface area contributed by atoms with E-state index >= 15 is 0 Å². The molecule has 0 unspecified atom stereocenters. The lowest BCUT2D eigenvalue weighted by atomic mass is 10.0. The van der Waals surface area contributed by atoms with Gasteiger partial charge in [-0.3, -0.25) is 9.59 Å². The van der Waals surface area contributed by atoms with Gasteiger partial charge in [0.25, 0.3) is 11.8 Å². The van der Waals surface area contributed by atoms with Crippen molar-refractivity contribution in [2.45, 2.75) is 25.3 Å². The average molecular weight is 428 g/mol. The van der Waals surface area contributed by atoms with Gasteiger partial charge in [-0.15, -0.1) is 0 Å². The van der Waals surface area contributed by atoms with Crippen LogP contribution in [0.2, 0.25) is 0 Å². The summed E-state index contributed by atoms with van der Waals surface area (Å²) in [7, 11) is 1.27. The zero-order chi connectivity index (χ0) is 22.3. The number of halogens is 2. The number of carbonyl (C=O) groups is 3. The molecule has 0 spiro atoms. The lowest BCUT2D eigenvalue weighted by molar-refractivity contribution is -0.150. The zero-order valence-electron chi connectivity index (χ0n) is 17.2. The minimum absolute atomic E-state index is 0.0882. The molecule has 2 amide bonds. The van der Waals surface area contributed by atoms with Crippen molar-refractivity contribution in [1.29, 1.82) is 0 Å². The molecule has 4 rings (SSSR count). The predicted molar refractivity (Wildman–Crippen MR) is 109 cm³/mol. The molecular formula is C23H22F2N2O4. The van der Waals surface area contributed by atoms with Gasteiger partial charge in [0.05, 0.1) is 13.7 Å². The Labute approximate surface area is 178 Å².